The molecule has 0 aromatic heterocycles. The van der Waals surface area contributed by atoms with E-state index in [1.54, 1.807) is 0 Å². The number of hydrogen-bond donors (Lipinski definition) is 2. The van der Waals surface area contributed by atoms with Crippen LogP contribution in [0.5, 0.6) is 0 Å². The monoisotopic (exact) mass is 170 g/mol. The summed E-state index contributed by atoms with van der Waals surface area (Å²) in [5, 5.41) is 10.9. The highest BCUT2D eigenvalue weighted by atomic mass is 16.4. The third-order valence-corrected chi connectivity index (χ3v) is 2.82. The largest absolute Gasteiger partial charge is 0.480 e. The Morgan fingerprint density at radius 2 is 2.08 bits per heavy atom. The lowest BCUT2D eigenvalue weighted by molar-refractivity contribution is -0.140. The van der Waals surface area contributed by atoms with Gasteiger partial charge in [0.2, 0.25) is 0 Å². The van der Waals surface area contributed by atoms with Gasteiger partial charge in [0.1, 0.15) is 6.04 Å². The van der Waals surface area contributed by atoms with Gasteiger partial charge in [0.15, 0.2) is 0 Å². The van der Waals surface area contributed by atoms with E-state index in [4.69, 9.17) is 5.11 Å². The molecule has 4 heteroatoms. The second-order valence-corrected chi connectivity index (χ2v) is 3.69. The third kappa shape index (κ3) is 1.44. The molecule has 1 atom stereocenters. The smallest absolute Gasteiger partial charge is 0.322 e. The van der Waals surface area contributed by atoms with Gasteiger partial charge in [-0.25, -0.2) is 10.4 Å². The molecule has 3 aliphatic rings. The van der Waals surface area contributed by atoms with Crippen LogP contribution in [0.1, 0.15) is 19.3 Å². The Kier molecular flexibility index (Phi) is 2.02. The van der Waals surface area contributed by atoms with E-state index in [-0.39, 0.29) is 6.04 Å². The van der Waals surface area contributed by atoms with Crippen molar-refractivity contribution in [1.82, 2.24) is 10.4 Å². The number of aliphatic carboxylic acids is 1. The number of fused-ring (bicyclic) bond motifs is 4. The maximum absolute atomic E-state index is 10.7. The van der Waals surface area contributed by atoms with Crippen molar-refractivity contribution < 1.29 is 9.90 Å². The van der Waals surface area contributed by atoms with E-state index in [2.05, 4.69) is 5.43 Å². The molecular weight excluding hydrogens is 156 g/mol. The third-order valence-electron chi connectivity index (χ3n) is 2.82. The number of nitrogens with one attached hydrogen (secondary N) is 1. The predicted molar refractivity (Wildman–Crippen MR) is 43.5 cm³/mol. The average molecular weight is 170 g/mol. The lowest BCUT2D eigenvalue weighted by Gasteiger charge is -2.26. The fraction of sp³-hybridized carbons (Fsp3) is 0.875. The van der Waals surface area contributed by atoms with Crippen molar-refractivity contribution in [2.45, 2.75) is 25.3 Å². The molecule has 3 fully saturated rings. The number of carbonyl (C=O) groups is 1. The van der Waals surface area contributed by atoms with Crippen LogP contribution in [0.4, 0.5) is 0 Å². The van der Waals surface area contributed by atoms with Gasteiger partial charge in [-0.2, -0.15) is 0 Å². The molecule has 12 heavy (non-hydrogen) atoms. The van der Waals surface area contributed by atoms with Crippen LogP contribution >= 0.6 is 0 Å². The number of hydrogen-bond acceptors (Lipinski definition) is 3. The zero-order valence-electron chi connectivity index (χ0n) is 6.99. The minimum atomic E-state index is -0.714. The van der Waals surface area contributed by atoms with Crippen LogP contribution < -0.4 is 5.43 Å². The normalized spacial score (nSPS) is 40.8. The van der Waals surface area contributed by atoms with Crippen molar-refractivity contribution in [2.24, 2.45) is 5.92 Å². The molecule has 0 saturated carbocycles. The summed E-state index contributed by atoms with van der Waals surface area (Å²) in [5.41, 5.74) is 3.04. The lowest BCUT2D eigenvalue weighted by atomic mass is 9.93. The SMILES string of the molecule is O=C(O)C1CC2CCN(CC2)N1. The van der Waals surface area contributed by atoms with E-state index in [1.807, 2.05) is 5.01 Å². The first-order chi connectivity index (χ1) is 5.75. The summed E-state index contributed by atoms with van der Waals surface area (Å²) in [6.07, 6.45) is 3.10. The standard InChI is InChI=1S/C8H14N2O2/c11-8(12)7-5-6-1-3-10(9-7)4-2-6/h6-7,9H,1-5H2,(H,11,12). The highest BCUT2D eigenvalue weighted by Crippen LogP contribution is 2.24. The van der Waals surface area contributed by atoms with Crippen LogP contribution in [0.15, 0.2) is 0 Å². The molecule has 3 heterocycles. The van der Waals surface area contributed by atoms with E-state index in [0.717, 1.165) is 32.4 Å². The van der Waals surface area contributed by atoms with Crippen molar-refractivity contribution in [2.75, 3.05) is 13.1 Å². The molecule has 4 nitrogen and oxygen atoms in total. The number of carboxylic acid groups (broad SMARTS) is 1. The molecule has 2 N–H and O–H groups in total. The van der Waals surface area contributed by atoms with Gasteiger partial charge in [-0.05, 0) is 25.2 Å². The quantitative estimate of drug-likeness (QED) is 0.584. The molecule has 0 aromatic carbocycles. The Morgan fingerprint density at radius 3 is 2.67 bits per heavy atom. The molecule has 3 aliphatic heterocycles. The summed E-state index contributed by atoms with van der Waals surface area (Å²) in [4.78, 5) is 10.7. The number of rotatable bonds is 1. The fourth-order valence-electron chi connectivity index (χ4n) is 2.06. The second-order valence-electron chi connectivity index (χ2n) is 3.69. The molecule has 68 valence electrons. The van der Waals surface area contributed by atoms with Crippen LogP contribution in [-0.2, 0) is 4.79 Å². The summed E-state index contributed by atoms with van der Waals surface area (Å²) in [6, 6.07) is -0.347. The predicted octanol–water partition coefficient (Wildman–Crippen LogP) is 0.0599. The van der Waals surface area contributed by atoms with Crippen LogP contribution in [0.3, 0.4) is 0 Å². The Hall–Kier alpha value is -0.610. The Morgan fingerprint density at radius 1 is 1.42 bits per heavy atom. The molecule has 2 bridgehead atoms. The van der Waals surface area contributed by atoms with Crippen molar-refractivity contribution in [3.63, 3.8) is 0 Å². The molecule has 0 aliphatic carbocycles. The fourth-order valence-corrected chi connectivity index (χ4v) is 2.06. The van der Waals surface area contributed by atoms with Crippen LogP contribution in [-0.4, -0.2) is 35.2 Å². The molecular formula is C8H14N2O2. The van der Waals surface area contributed by atoms with Crippen molar-refractivity contribution in [3.05, 3.63) is 0 Å². The Labute approximate surface area is 71.5 Å². The Balaban J connectivity index is 2.06. The maximum atomic E-state index is 10.7. The summed E-state index contributed by atoms with van der Waals surface area (Å²) in [7, 11) is 0. The minimum Gasteiger partial charge on any atom is -0.480 e. The topological polar surface area (TPSA) is 52.6 Å². The van der Waals surface area contributed by atoms with Gasteiger partial charge in [-0.15, -0.1) is 0 Å². The van der Waals surface area contributed by atoms with Crippen LogP contribution in [0, 0.1) is 5.92 Å². The maximum Gasteiger partial charge on any atom is 0.322 e. The first kappa shape index (κ1) is 8.01. The number of carboxylic acids is 1. The zero-order chi connectivity index (χ0) is 8.55. The van der Waals surface area contributed by atoms with E-state index < -0.39 is 5.97 Å². The van der Waals surface area contributed by atoms with Gasteiger partial charge in [0.05, 0.1) is 0 Å². The highest BCUT2D eigenvalue weighted by Gasteiger charge is 2.31. The Bertz CT molecular complexity index is 173. The van der Waals surface area contributed by atoms with E-state index >= 15 is 0 Å². The van der Waals surface area contributed by atoms with E-state index in [0.29, 0.717) is 5.92 Å². The molecule has 1 unspecified atom stereocenters. The molecule has 0 aromatic rings. The van der Waals surface area contributed by atoms with Gasteiger partial charge >= 0.3 is 5.97 Å². The van der Waals surface area contributed by atoms with Gasteiger partial charge in [-0.3, -0.25) is 4.79 Å². The van der Waals surface area contributed by atoms with E-state index in [1.165, 1.54) is 0 Å². The number of nitrogens with zero attached hydrogens (tertiary/aromatic N) is 1. The summed E-state index contributed by atoms with van der Waals surface area (Å²) in [5.74, 6) is -0.0915. The second kappa shape index (κ2) is 3.03. The average Bonchev–Trinajstić information content (AvgIpc) is 2.36. The van der Waals surface area contributed by atoms with Gasteiger partial charge in [0.25, 0.3) is 0 Å². The van der Waals surface area contributed by atoms with E-state index in [9.17, 15) is 4.79 Å². The first-order valence-corrected chi connectivity index (χ1v) is 4.49. The summed E-state index contributed by atoms with van der Waals surface area (Å²) < 4.78 is 0. The highest BCUT2D eigenvalue weighted by molar-refractivity contribution is 5.73. The zero-order valence-corrected chi connectivity index (χ0v) is 6.99. The summed E-state index contributed by atoms with van der Waals surface area (Å²) >= 11 is 0. The first-order valence-electron chi connectivity index (χ1n) is 4.49. The molecule has 0 spiro atoms. The van der Waals surface area contributed by atoms with Crippen LogP contribution in [0.2, 0.25) is 0 Å². The molecule has 3 saturated heterocycles. The van der Waals surface area contributed by atoms with Crippen molar-refractivity contribution in [3.8, 4) is 0 Å². The van der Waals surface area contributed by atoms with Crippen LogP contribution in [0.25, 0.3) is 0 Å². The molecule has 0 amide bonds. The van der Waals surface area contributed by atoms with Crippen molar-refractivity contribution >= 4 is 5.97 Å². The lowest BCUT2D eigenvalue weighted by Crippen LogP contribution is -2.46. The number of piperidine rings is 1. The van der Waals surface area contributed by atoms with Gasteiger partial charge in [0, 0.05) is 13.1 Å². The molecule has 0 radical (unpaired) electrons. The van der Waals surface area contributed by atoms with Gasteiger partial charge < -0.3 is 5.11 Å². The molecule has 3 rings (SSSR count). The minimum absolute atomic E-state index is 0.347. The number of hydrazine groups is 1. The summed E-state index contributed by atoms with van der Waals surface area (Å²) in [6.45, 7) is 2.02. The van der Waals surface area contributed by atoms with Crippen molar-refractivity contribution in [1.29, 1.82) is 0 Å². The van der Waals surface area contributed by atoms with Gasteiger partial charge in [-0.1, -0.05) is 0 Å².